The number of carboxylic acids is 1. The summed E-state index contributed by atoms with van der Waals surface area (Å²) in [5.74, 6) is -2.43. The van der Waals surface area contributed by atoms with Gasteiger partial charge in [-0.1, -0.05) is 83.8 Å². The summed E-state index contributed by atoms with van der Waals surface area (Å²) >= 11 is 0. The largest absolute Gasteiger partial charge is 0.480 e. The van der Waals surface area contributed by atoms with Gasteiger partial charge in [-0.3, -0.25) is 18.6 Å². The first-order valence-electron chi connectivity index (χ1n) is 15.2. The van der Waals surface area contributed by atoms with Crippen molar-refractivity contribution in [2.24, 2.45) is 0 Å². The molecule has 0 rings (SSSR count). The zero-order chi connectivity index (χ0) is 30.8. The molecule has 0 aliphatic heterocycles. The number of nitrogens with one attached hydrogen (secondary N) is 1. The lowest BCUT2D eigenvalue weighted by atomic mass is 10.1. The number of amides is 1. The summed E-state index contributed by atoms with van der Waals surface area (Å²) in [6.07, 6.45) is 19.6. The van der Waals surface area contributed by atoms with E-state index in [4.69, 9.17) is 4.74 Å². The van der Waals surface area contributed by atoms with Crippen molar-refractivity contribution in [2.45, 2.75) is 135 Å². The zero-order valence-electron chi connectivity index (χ0n) is 25.1. The number of rotatable bonds is 28. The van der Waals surface area contributed by atoms with E-state index in [1.165, 1.54) is 38.5 Å². The number of hydrogen-bond acceptors (Lipinski definition) is 8. The third-order valence-electron chi connectivity index (χ3n) is 6.30. The summed E-state index contributed by atoms with van der Waals surface area (Å²) in [5.41, 5.74) is 0. The molecule has 11 nitrogen and oxygen atoms in total. The lowest BCUT2D eigenvalue weighted by Crippen LogP contribution is -2.43. The molecular formula is C29H54NO10P. The molecule has 3 unspecified atom stereocenters. The van der Waals surface area contributed by atoms with Gasteiger partial charge in [0.05, 0.1) is 13.2 Å². The number of phosphoric acid groups is 1. The quantitative estimate of drug-likeness (QED) is 0.0368. The van der Waals surface area contributed by atoms with E-state index in [2.05, 4.69) is 33.4 Å². The first kappa shape index (κ1) is 39.2. The molecule has 4 N–H and O–H groups in total. The van der Waals surface area contributed by atoms with Crippen molar-refractivity contribution in [2.75, 3.05) is 19.8 Å². The number of carboxylic acid groups (broad SMARTS) is 1. The lowest BCUT2D eigenvalue weighted by Gasteiger charge is -2.18. The van der Waals surface area contributed by atoms with Gasteiger partial charge in [0.1, 0.15) is 12.7 Å². The van der Waals surface area contributed by atoms with E-state index in [0.29, 0.717) is 12.8 Å². The molecule has 0 saturated heterocycles. The van der Waals surface area contributed by atoms with Crippen LogP contribution in [0.1, 0.15) is 123 Å². The predicted octanol–water partition coefficient (Wildman–Crippen LogP) is 5.82. The summed E-state index contributed by atoms with van der Waals surface area (Å²) < 4.78 is 26.2. The van der Waals surface area contributed by atoms with Gasteiger partial charge in [-0.2, -0.15) is 0 Å². The average Bonchev–Trinajstić information content (AvgIpc) is 2.93. The fraction of sp³-hybridized carbons (Fsp3) is 0.828. The van der Waals surface area contributed by atoms with Gasteiger partial charge in [0.2, 0.25) is 5.91 Å². The SMILES string of the molecule is CCCCCCCC/C=C\CCCCCCCC(=O)NC(COP(=O)(O)OCC(O)COC(=O)CCCC)C(=O)O. The molecule has 0 aliphatic carbocycles. The molecule has 240 valence electrons. The second-order valence-corrected chi connectivity index (χ2v) is 11.7. The number of esters is 1. The van der Waals surface area contributed by atoms with Crippen LogP contribution in [0.5, 0.6) is 0 Å². The standard InChI is InChI=1S/C29H54NO10P/c1-3-5-7-8-9-10-11-12-13-14-15-16-17-18-19-20-27(32)30-26(29(34)35)24-40-41(36,37)39-23-25(31)22-38-28(33)21-6-4-2/h12-13,25-26,31H,3-11,14-24H2,1-2H3,(H,30,32)(H,34,35)(H,36,37)/b13-12-. The smallest absolute Gasteiger partial charge is 0.472 e. The van der Waals surface area contributed by atoms with E-state index in [0.717, 1.165) is 44.9 Å². The van der Waals surface area contributed by atoms with Crippen molar-refractivity contribution in [3.05, 3.63) is 12.2 Å². The number of phosphoric ester groups is 1. The molecule has 0 bridgehead atoms. The van der Waals surface area contributed by atoms with Crippen molar-refractivity contribution < 1.29 is 47.8 Å². The Morgan fingerprint density at radius 3 is 1.88 bits per heavy atom. The van der Waals surface area contributed by atoms with Gasteiger partial charge in [0.25, 0.3) is 0 Å². The molecule has 0 spiro atoms. The molecule has 0 aromatic carbocycles. The van der Waals surface area contributed by atoms with Crippen LogP contribution in [-0.2, 0) is 32.7 Å². The maximum Gasteiger partial charge on any atom is 0.472 e. The highest BCUT2D eigenvalue weighted by Gasteiger charge is 2.28. The molecular weight excluding hydrogens is 553 g/mol. The summed E-state index contributed by atoms with van der Waals surface area (Å²) in [4.78, 5) is 44.8. The molecule has 0 heterocycles. The molecule has 0 aromatic rings. The minimum atomic E-state index is -4.72. The molecule has 0 aromatic heterocycles. The molecule has 41 heavy (non-hydrogen) atoms. The molecule has 1 amide bonds. The fourth-order valence-electron chi connectivity index (χ4n) is 3.81. The van der Waals surface area contributed by atoms with Gasteiger partial charge in [0, 0.05) is 12.8 Å². The van der Waals surface area contributed by atoms with E-state index >= 15 is 0 Å². The number of carbonyl (C=O) groups excluding carboxylic acids is 2. The highest BCUT2D eigenvalue weighted by Crippen LogP contribution is 2.43. The Labute approximate surface area is 246 Å². The van der Waals surface area contributed by atoms with Crippen molar-refractivity contribution in [1.29, 1.82) is 0 Å². The van der Waals surface area contributed by atoms with Crippen molar-refractivity contribution in [3.8, 4) is 0 Å². The second-order valence-electron chi connectivity index (χ2n) is 10.3. The van der Waals surface area contributed by atoms with Gasteiger partial charge in [-0.05, 0) is 38.5 Å². The maximum atomic E-state index is 12.1. The minimum absolute atomic E-state index is 0.137. The zero-order valence-corrected chi connectivity index (χ0v) is 26.0. The number of hydrogen-bond donors (Lipinski definition) is 4. The Morgan fingerprint density at radius 1 is 0.756 bits per heavy atom. The van der Waals surface area contributed by atoms with Crippen LogP contribution in [-0.4, -0.2) is 64.9 Å². The predicted molar refractivity (Wildman–Crippen MR) is 157 cm³/mol. The van der Waals surface area contributed by atoms with Crippen LogP contribution in [0.4, 0.5) is 0 Å². The van der Waals surface area contributed by atoms with Gasteiger partial charge >= 0.3 is 19.8 Å². The van der Waals surface area contributed by atoms with E-state index in [1.54, 1.807) is 0 Å². The first-order chi connectivity index (χ1) is 19.6. The van der Waals surface area contributed by atoms with Crippen LogP contribution in [0.2, 0.25) is 0 Å². The van der Waals surface area contributed by atoms with Crippen LogP contribution in [0.15, 0.2) is 12.2 Å². The molecule has 0 fully saturated rings. The van der Waals surface area contributed by atoms with Crippen LogP contribution < -0.4 is 5.32 Å². The van der Waals surface area contributed by atoms with E-state index < -0.39 is 57.6 Å². The molecule has 0 aliphatic rings. The lowest BCUT2D eigenvalue weighted by molar-refractivity contribution is -0.147. The van der Waals surface area contributed by atoms with Gasteiger partial charge in [0.15, 0.2) is 6.04 Å². The number of aliphatic carboxylic acids is 1. The van der Waals surface area contributed by atoms with E-state index in [-0.39, 0.29) is 12.8 Å². The monoisotopic (exact) mass is 607 g/mol. The van der Waals surface area contributed by atoms with Crippen LogP contribution >= 0.6 is 7.82 Å². The van der Waals surface area contributed by atoms with E-state index in [9.17, 15) is 34.1 Å². The molecule has 0 saturated carbocycles. The number of allylic oxidation sites excluding steroid dienone is 2. The van der Waals surface area contributed by atoms with Crippen LogP contribution in [0, 0.1) is 0 Å². The van der Waals surface area contributed by atoms with Gasteiger partial charge in [-0.25, -0.2) is 9.36 Å². The molecule has 12 heteroatoms. The topological polar surface area (TPSA) is 169 Å². The molecule has 0 radical (unpaired) electrons. The van der Waals surface area contributed by atoms with Gasteiger partial charge in [-0.15, -0.1) is 0 Å². The van der Waals surface area contributed by atoms with Crippen LogP contribution in [0.3, 0.4) is 0 Å². The second kappa shape index (κ2) is 25.9. The van der Waals surface area contributed by atoms with Crippen molar-refractivity contribution >= 4 is 25.7 Å². The fourth-order valence-corrected chi connectivity index (χ4v) is 4.59. The van der Waals surface area contributed by atoms with Gasteiger partial charge < -0.3 is 25.2 Å². The Hall–Kier alpha value is -1.78. The Kier molecular flexibility index (Phi) is 24.8. The third-order valence-corrected chi connectivity index (χ3v) is 7.26. The summed E-state index contributed by atoms with van der Waals surface area (Å²) in [6, 6.07) is -1.54. The van der Waals surface area contributed by atoms with Crippen molar-refractivity contribution in [1.82, 2.24) is 5.32 Å². The Balaban J connectivity index is 4.01. The summed E-state index contributed by atoms with van der Waals surface area (Å²) in [6.45, 7) is 2.24. The minimum Gasteiger partial charge on any atom is -0.480 e. The molecule has 3 atom stereocenters. The number of aliphatic hydroxyl groups excluding tert-OH is 1. The highest BCUT2D eigenvalue weighted by atomic mass is 31.2. The number of ether oxygens (including phenoxy) is 1. The normalized spacial score (nSPS) is 14.4. The number of aliphatic hydroxyl groups is 1. The number of carbonyl (C=O) groups is 3. The van der Waals surface area contributed by atoms with Crippen LogP contribution in [0.25, 0.3) is 0 Å². The van der Waals surface area contributed by atoms with Crippen molar-refractivity contribution in [3.63, 3.8) is 0 Å². The van der Waals surface area contributed by atoms with E-state index in [1.807, 2.05) is 6.92 Å². The summed E-state index contributed by atoms with van der Waals surface area (Å²) in [5, 5.41) is 21.4. The Bertz CT molecular complexity index is 777. The third kappa shape index (κ3) is 25.6. The highest BCUT2D eigenvalue weighted by molar-refractivity contribution is 7.47. The Morgan fingerprint density at radius 2 is 1.29 bits per heavy atom. The average molecular weight is 608 g/mol. The number of unbranched alkanes of at least 4 members (excludes halogenated alkanes) is 12. The maximum absolute atomic E-state index is 12.1. The first-order valence-corrected chi connectivity index (χ1v) is 16.7. The summed E-state index contributed by atoms with van der Waals surface area (Å²) in [7, 11) is -4.72.